The van der Waals surface area contributed by atoms with E-state index < -0.39 is 47.4 Å². The van der Waals surface area contributed by atoms with Gasteiger partial charge in [0.25, 0.3) is 11.8 Å². The topological polar surface area (TPSA) is 167 Å². The molecule has 0 radical (unpaired) electrons. The Bertz CT molecular complexity index is 1450. The molecule has 12 nitrogen and oxygen atoms in total. The fourth-order valence-corrected chi connectivity index (χ4v) is 3.64. The molecule has 0 aliphatic heterocycles. The van der Waals surface area contributed by atoms with Crippen molar-refractivity contribution < 1.29 is 38.9 Å². The average Bonchev–Trinajstić information content (AvgIpc) is 2.87. The Hall–Kier alpha value is -4.55. The number of carbonyl (C=O) groups excluding carboxylic acids is 4. The highest BCUT2D eigenvalue weighted by Gasteiger charge is 2.35. The third-order valence-corrected chi connectivity index (χ3v) is 5.53. The number of ether oxygens (including phenoxy) is 2. The van der Waals surface area contributed by atoms with E-state index in [4.69, 9.17) is 9.47 Å². The largest absolute Gasteiger partial charge is 0.443 e. The normalized spacial score (nSPS) is 13.1. The minimum Gasteiger partial charge on any atom is -0.443 e. The van der Waals surface area contributed by atoms with Gasteiger partial charge in [0.15, 0.2) is 18.0 Å². The summed E-state index contributed by atoms with van der Waals surface area (Å²) in [6, 6.07) is 12.8. The Morgan fingerprint density at radius 2 is 1.24 bits per heavy atom. The quantitative estimate of drug-likeness (QED) is 0.328. The molecule has 3 aromatic rings. The number of anilines is 3. The van der Waals surface area contributed by atoms with Crippen molar-refractivity contribution in [1.82, 2.24) is 4.98 Å². The molecular weight excluding hydrogens is 544 g/mol. The van der Waals surface area contributed by atoms with E-state index in [-0.39, 0.29) is 11.5 Å². The number of benzene rings is 2. The number of hydrogen-bond donors (Lipinski definition) is 4. The number of nitrogens with one attached hydrogen (secondary N) is 2. The molecule has 12 heteroatoms. The molecule has 0 spiro atoms. The summed E-state index contributed by atoms with van der Waals surface area (Å²) in [6.07, 6.45) is -4.74. The van der Waals surface area contributed by atoms with E-state index in [1.54, 1.807) is 71.9 Å². The van der Waals surface area contributed by atoms with Crippen molar-refractivity contribution in [3.8, 4) is 0 Å². The van der Waals surface area contributed by atoms with Gasteiger partial charge < -0.3 is 30.3 Å². The van der Waals surface area contributed by atoms with Gasteiger partial charge in [0.2, 0.25) is 0 Å². The number of carbonyl (C=O) groups is 4. The van der Waals surface area contributed by atoms with Gasteiger partial charge in [-0.3, -0.25) is 9.59 Å². The lowest BCUT2D eigenvalue weighted by atomic mass is 10.1. The lowest BCUT2D eigenvalue weighted by molar-refractivity contribution is -0.139. The minimum absolute atomic E-state index is 0.0582. The van der Waals surface area contributed by atoms with Crippen LogP contribution >= 0.6 is 0 Å². The van der Waals surface area contributed by atoms with Crippen LogP contribution in [0.5, 0.6) is 0 Å². The van der Waals surface area contributed by atoms with Crippen molar-refractivity contribution in [1.29, 1.82) is 0 Å². The highest BCUT2D eigenvalue weighted by Crippen LogP contribution is 2.29. The number of hydrogen-bond acceptors (Lipinski definition) is 9. The predicted octanol–water partition coefficient (Wildman–Crippen LogP) is 4.52. The predicted molar refractivity (Wildman–Crippen MR) is 157 cm³/mol. The monoisotopic (exact) mass is 580 g/mol. The summed E-state index contributed by atoms with van der Waals surface area (Å²) in [6.45, 7) is 11.8. The molecule has 2 aromatic carbocycles. The minimum atomic E-state index is -2.08. The number of imide groups is 1. The summed E-state index contributed by atoms with van der Waals surface area (Å²) < 4.78 is 10.9. The van der Waals surface area contributed by atoms with Crippen molar-refractivity contribution >= 4 is 52.0 Å². The Kier molecular flexibility index (Phi) is 9.54. The molecule has 3 rings (SSSR count). The molecule has 1 heterocycles. The highest BCUT2D eigenvalue weighted by molar-refractivity contribution is 6.14. The molecule has 0 unspecified atom stereocenters. The average molecular weight is 581 g/mol. The first-order chi connectivity index (χ1) is 19.4. The van der Waals surface area contributed by atoms with E-state index in [1.807, 2.05) is 6.92 Å². The fourth-order valence-electron chi connectivity index (χ4n) is 3.64. The molecule has 0 bridgehead atoms. The van der Waals surface area contributed by atoms with Gasteiger partial charge in [-0.25, -0.2) is 14.6 Å². The molecule has 2 atom stereocenters. The van der Waals surface area contributed by atoms with Crippen LogP contribution in [-0.2, 0) is 19.1 Å². The van der Waals surface area contributed by atoms with E-state index in [0.717, 1.165) is 5.56 Å². The van der Waals surface area contributed by atoms with Crippen LogP contribution in [0.3, 0.4) is 0 Å². The molecule has 0 saturated heterocycles. The van der Waals surface area contributed by atoms with Gasteiger partial charge in [-0.15, -0.1) is 0 Å². The zero-order valence-corrected chi connectivity index (χ0v) is 24.6. The molecule has 4 N–H and O–H groups in total. The van der Waals surface area contributed by atoms with E-state index in [1.165, 1.54) is 24.4 Å². The summed E-state index contributed by atoms with van der Waals surface area (Å²) in [7, 11) is 0. The number of amides is 4. The Balaban J connectivity index is 1.84. The van der Waals surface area contributed by atoms with Crippen molar-refractivity contribution in [3.63, 3.8) is 0 Å². The first-order valence-electron chi connectivity index (χ1n) is 13.1. The first-order valence-corrected chi connectivity index (χ1v) is 13.1. The van der Waals surface area contributed by atoms with Gasteiger partial charge >= 0.3 is 12.2 Å². The number of aromatic nitrogens is 1. The SMILES string of the molecule is Cc1ccc(NC(=O)[C@H](O)[C@@H](O)C(=O)Nc2ccc3c(N(C(=O)OC(C)(C)C)C(=O)OC(C)(C)C)nccc3c2)cc1. The molecule has 4 amide bonds. The van der Waals surface area contributed by atoms with Gasteiger partial charge in [-0.1, -0.05) is 17.7 Å². The maximum atomic E-state index is 13.1. The van der Waals surface area contributed by atoms with Gasteiger partial charge in [0, 0.05) is 23.0 Å². The third-order valence-electron chi connectivity index (χ3n) is 5.53. The van der Waals surface area contributed by atoms with Crippen LogP contribution in [0, 0.1) is 6.92 Å². The molecular formula is C30H36N4O8. The lowest BCUT2D eigenvalue weighted by Crippen LogP contribution is -2.45. The van der Waals surface area contributed by atoms with E-state index >= 15 is 0 Å². The zero-order chi connectivity index (χ0) is 31.4. The van der Waals surface area contributed by atoms with Crippen LogP contribution in [0.15, 0.2) is 54.7 Å². The standard InChI is InChI=1S/C30H36N4O8/c1-17-8-10-19(11-9-17)32-25(37)22(35)23(36)26(38)33-20-12-13-21-18(16-20)14-15-31-24(21)34(27(39)41-29(2,3)4)28(40)42-30(5,6)7/h8-16,22-23,35-36H,1-7H3,(H,32,37)(H,33,38)/t22-,23-/m1/s1. The number of aliphatic hydroxyl groups excluding tert-OH is 2. The molecule has 1 aromatic heterocycles. The maximum Gasteiger partial charge on any atom is 0.425 e. The van der Waals surface area contributed by atoms with Crippen molar-refractivity contribution in [3.05, 3.63) is 60.3 Å². The van der Waals surface area contributed by atoms with Crippen LogP contribution < -0.4 is 15.5 Å². The van der Waals surface area contributed by atoms with E-state index in [9.17, 15) is 29.4 Å². The molecule has 42 heavy (non-hydrogen) atoms. The van der Waals surface area contributed by atoms with Crippen molar-refractivity contribution in [2.45, 2.75) is 71.9 Å². The Labute approximate surface area is 243 Å². The summed E-state index contributed by atoms with van der Waals surface area (Å²) in [4.78, 5) is 56.1. The number of nitrogens with zero attached hydrogens (tertiary/aromatic N) is 2. The summed E-state index contributed by atoms with van der Waals surface area (Å²) in [5.41, 5.74) is -0.267. The van der Waals surface area contributed by atoms with Crippen LogP contribution in [0.1, 0.15) is 47.1 Å². The fraction of sp³-hybridized carbons (Fsp3) is 0.367. The Morgan fingerprint density at radius 1 is 0.762 bits per heavy atom. The van der Waals surface area contributed by atoms with Gasteiger partial charge in [0.1, 0.15) is 11.2 Å². The number of pyridine rings is 1. The zero-order valence-electron chi connectivity index (χ0n) is 24.6. The smallest absolute Gasteiger partial charge is 0.425 e. The van der Waals surface area contributed by atoms with E-state index in [2.05, 4.69) is 15.6 Å². The van der Waals surface area contributed by atoms with Crippen LogP contribution in [0.25, 0.3) is 10.8 Å². The van der Waals surface area contributed by atoms with Crippen molar-refractivity contribution in [2.75, 3.05) is 15.5 Å². The van der Waals surface area contributed by atoms with Gasteiger partial charge in [-0.05, 0) is 90.3 Å². The van der Waals surface area contributed by atoms with E-state index in [0.29, 0.717) is 21.4 Å². The highest BCUT2D eigenvalue weighted by atomic mass is 16.6. The molecule has 0 fully saturated rings. The molecule has 0 aliphatic rings. The van der Waals surface area contributed by atoms with Crippen LogP contribution in [0.2, 0.25) is 0 Å². The summed E-state index contributed by atoms with van der Waals surface area (Å²) in [5, 5.41) is 26.3. The molecule has 224 valence electrons. The number of rotatable bonds is 6. The second kappa shape index (κ2) is 12.5. The summed E-state index contributed by atoms with van der Waals surface area (Å²) in [5.74, 6) is -2.04. The lowest BCUT2D eigenvalue weighted by Gasteiger charge is -2.28. The number of fused-ring (bicyclic) bond motifs is 1. The molecule has 0 saturated carbocycles. The second-order valence-corrected chi connectivity index (χ2v) is 11.6. The molecule has 0 aliphatic carbocycles. The summed E-state index contributed by atoms with van der Waals surface area (Å²) >= 11 is 0. The van der Waals surface area contributed by atoms with Crippen LogP contribution in [0.4, 0.5) is 26.8 Å². The van der Waals surface area contributed by atoms with Gasteiger partial charge in [0.05, 0.1) is 0 Å². The Morgan fingerprint density at radius 3 is 1.74 bits per heavy atom. The second-order valence-electron chi connectivity index (χ2n) is 11.6. The first kappa shape index (κ1) is 32.0. The van der Waals surface area contributed by atoms with Crippen LogP contribution in [-0.4, -0.2) is 62.6 Å². The number of aryl methyl sites for hydroxylation is 1. The number of aliphatic hydroxyl groups is 2. The van der Waals surface area contributed by atoms with Gasteiger partial charge in [-0.2, -0.15) is 4.90 Å². The maximum absolute atomic E-state index is 13.1. The third kappa shape index (κ3) is 8.48. The van der Waals surface area contributed by atoms with Crippen molar-refractivity contribution in [2.24, 2.45) is 0 Å².